The number of nitrogens with one attached hydrogen (secondary N) is 2. The number of rotatable bonds is 14. The van der Waals surface area contributed by atoms with Crippen molar-refractivity contribution in [2.24, 2.45) is 0 Å². The normalized spacial score (nSPS) is 10.6. The van der Waals surface area contributed by atoms with E-state index in [1.165, 1.54) is 19.3 Å². The molecule has 0 saturated carbocycles. The first-order valence-corrected chi connectivity index (χ1v) is 8.53. The number of ether oxygens (including phenoxy) is 2. The Balaban J connectivity index is 2.12. The van der Waals surface area contributed by atoms with Gasteiger partial charge in [-0.1, -0.05) is 32.3 Å². The summed E-state index contributed by atoms with van der Waals surface area (Å²) in [6.07, 6.45) is 6.00. The lowest BCUT2D eigenvalue weighted by molar-refractivity contribution is 0.194. The average Bonchev–Trinajstić information content (AvgIpc) is 2.54. The maximum atomic E-state index is 5.80. The summed E-state index contributed by atoms with van der Waals surface area (Å²) in [5.74, 6) is 0.953. The van der Waals surface area contributed by atoms with Gasteiger partial charge in [-0.05, 0) is 31.5 Å². The van der Waals surface area contributed by atoms with Crippen LogP contribution in [0.4, 0.5) is 5.69 Å². The standard InChI is InChI=1S/C18H32N2O2/c1-3-4-5-6-15-22-18-10-7-9-17(16-18)20-13-12-19-11-8-14-21-2/h7,9-10,16,19-20H,3-6,8,11-15H2,1-2H3. The van der Waals surface area contributed by atoms with E-state index in [-0.39, 0.29) is 0 Å². The number of benzene rings is 1. The van der Waals surface area contributed by atoms with Gasteiger partial charge >= 0.3 is 0 Å². The Morgan fingerprint density at radius 3 is 2.68 bits per heavy atom. The monoisotopic (exact) mass is 308 g/mol. The number of anilines is 1. The highest BCUT2D eigenvalue weighted by Gasteiger charge is 1.97. The van der Waals surface area contributed by atoms with Crippen LogP contribution in [-0.2, 0) is 4.74 Å². The SMILES string of the molecule is CCCCCCOc1cccc(NCCNCCCOC)c1. The first-order chi connectivity index (χ1) is 10.9. The summed E-state index contributed by atoms with van der Waals surface area (Å²) in [5, 5.41) is 6.80. The first-order valence-electron chi connectivity index (χ1n) is 8.53. The highest BCUT2D eigenvalue weighted by molar-refractivity contribution is 5.48. The Kier molecular flexibility index (Phi) is 11.4. The van der Waals surface area contributed by atoms with Crippen molar-refractivity contribution in [3.05, 3.63) is 24.3 Å². The number of methoxy groups -OCH3 is 1. The molecule has 0 aliphatic rings. The number of hydrogen-bond acceptors (Lipinski definition) is 4. The summed E-state index contributed by atoms with van der Waals surface area (Å²) in [6.45, 7) is 6.71. The van der Waals surface area contributed by atoms with Crippen LogP contribution in [0.2, 0.25) is 0 Å². The molecule has 0 fully saturated rings. The Bertz CT molecular complexity index is 372. The molecule has 2 N–H and O–H groups in total. The van der Waals surface area contributed by atoms with E-state index in [9.17, 15) is 0 Å². The highest BCUT2D eigenvalue weighted by Crippen LogP contribution is 2.17. The van der Waals surface area contributed by atoms with Gasteiger partial charge in [-0.2, -0.15) is 0 Å². The Labute approximate surface area is 135 Å². The topological polar surface area (TPSA) is 42.5 Å². The van der Waals surface area contributed by atoms with Crippen LogP contribution >= 0.6 is 0 Å². The predicted molar refractivity (Wildman–Crippen MR) is 93.9 cm³/mol. The summed E-state index contributed by atoms with van der Waals surface area (Å²) in [4.78, 5) is 0. The summed E-state index contributed by atoms with van der Waals surface area (Å²) >= 11 is 0. The molecule has 1 rings (SSSR count). The Hall–Kier alpha value is -1.26. The van der Waals surface area contributed by atoms with E-state index in [1.54, 1.807) is 7.11 Å². The van der Waals surface area contributed by atoms with Crippen LogP contribution < -0.4 is 15.4 Å². The Morgan fingerprint density at radius 1 is 0.955 bits per heavy atom. The van der Waals surface area contributed by atoms with Crippen molar-refractivity contribution < 1.29 is 9.47 Å². The number of unbranched alkanes of at least 4 members (excludes halogenated alkanes) is 3. The second-order valence-electron chi connectivity index (χ2n) is 5.46. The minimum absolute atomic E-state index is 0.810. The lowest BCUT2D eigenvalue weighted by Gasteiger charge is -2.10. The summed E-state index contributed by atoms with van der Waals surface area (Å²) in [6, 6.07) is 8.21. The van der Waals surface area contributed by atoms with Gasteiger partial charge in [0.05, 0.1) is 6.61 Å². The largest absolute Gasteiger partial charge is 0.494 e. The first kappa shape index (κ1) is 18.8. The molecule has 0 saturated heterocycles. The smallest absolute Gasteiger partial charge is 0.121 e. The van der Waals surface area contributed by atoms with Crippen LogP contribution in [0.3, 0.4) is 0 Å². The molecule has 1 aromatic rings. The number of hydrogen-bond donors (Lipinski definition) is 2. The average molecular weight is 308 g/mol. The molecule has 0 amide bonds. The van der Waals surface area contributed by atoms with E-state index in [1.807, 2.05) is 12.1 Å². The van der Waals surface area contributed by atoms with Crippen molar-refractivity contribution in [2.75, 3.05) is 45.3 Å². The van der Waals surface area contributed by atoms with Crippen LogP contribution in [0.5, 0.6) is 5.75 Å². The molecule has 0 aliphatic heterocycles. The van der Waals surface area contributed by atoms with Crippen molar-refractivity contribution in [2.45, 2.75) is 39.0 Å². The highest BCUT2D eigenvalue weighted by atomic mass is 16.5. The van der Waals surface area contributed by atoms with Crippen LogP contribution in [0, 0.1) is 0 Å². The van der Waals surface area contributed by atoms with Gasteiger partial charge in [-0.25, -0.2) is 0 Å². The second kappa shape index (κ2) is 13.4. The molecular weight excluding hydrogens is 276 g/mol. The molecule has 126 valence electrons. The molecule has 0 radical (unpaired) electrons. The fourth-order valence-corrected chi connectivity index (χ4v) is 2.18. The van der Waals surface area contributed by atoms with Gasteiger partial charge in [-0.3, -0.25) is 0 Å². The van der Waals surface area contributed by atoms with Crippen LogP contribution in [-0.4, -0.2) is 40.0 Å². The van der Waals surface area contributed by atoms with Gasteiger partial charge in [0.25, 0.3) is 0 Å². The zero-order chi connectivity index (χ0) is 15.9. The molecule has 0 atom stereocenters. The summed E-state index contributed by atoms with van der Waals surface area (Å²) < 4.78 is 10.8. The predicted octanol–water partition coefficient (Wildman–Crippen LogP) is 3.68. The molecule has 4 nitrogen and oxygen atoms in total. The van der Waals surface area contributed by atoms with Gasteiger partial charge in [0.15, 0.2) is 0 Å². The molecule has 22 heavy (non-hydrogen) atoms. The van der Waals surface area contributed by atoms with Gasteiger partial charge in [0.2, 0.25) is 0 Å². The third kappa shape index (κ3) is 9.64. The van der Waals surface area contributed by atoms with Crippen molar-refractivity contribution in [1.29, 1.82) is 0 Å². The second-order valence-corrected chi connectivity index (χ2v) is 5.46. The van der Waals surface area contributed by atoms with Crippen LogP contribution in [0.1, 0.15) is 39.0 Å². The third-order valence-corrected chi connectivity index (χ3v) is 3.43. The summed E-state index contributed by atoms with van der Waals surface area (Å²) in [7, 11) is 1.74. The van der Waals surface area contributed by atoms with Crippen LogP contribution in [0.25, 0.3) is 0 Å². The van der Waals surface area contributed by atoms with E-state index >= 15 is 0 Å². The minimum Gasteiger partial charge on any atom is -0.494 e. The fourth-order valence-electron chi connectivity index (χ4n) is 2.18. The minimum atomic E-state index is 0.810. The maximum absolute atomic E-state index is 5.80. The van der Waals surface area contributed by atoms with E-state index in [4.69, 9.17) is 9.47 Å². The van der Waals surface area contributed by atoms with Crippen molar-refractivity contribution in [1.82, 2.24) is 5.32 Å². The van der Waals surface area contributed by atoms with E-state index in [0.29, 0.717) is 0 Å². The molecule has 0 bridgehead atoms. The van der Waals surface area contributed by atoms with Crippen molar-refractivity contribution >= 4 is 5.69 Å². The molecule has 0 heterocycles. The third-order valence-electron chi connectivity index (χ3n) is 3.43. The fraction of sp³-hybridized carbons (Fsp3) is 0.667. The van der Waals surface area contributed by atoms with Crippen molar-refractivity contribution in [3.8, 4) is 5.75 Å². The molecule has 1 aromatic carbocycles. The van der Waals surface area contributed by atoms with Crippen LogP contribution in [0.15, 0.2) is 24.3 Å². The van der Waals surface area contributed by atoms with Gasteiger partial charge < -0.3 is 20.1 Å². The molecule has 0 spiro atoms. The zero-order valence-corrected chi connectivity index (χ0v) is 14.2. The molecule has 4 heteroatoms. The van der Waals surface area contributed by atoms with Gasteiger partial charge in [0, 0.05) is 38.6 Å². The summed E-state index contributed by atoms with van der Waals surface area (Å²) in [5.41, 5.74) is 1.12. The quantitative estimate of drug-likeness (QED) is 0.514. The van der Waals surface area contributed by atoms with E-state index < -0.39 is 0 Å². The van der Waals surface area contributed by atoms with E-state index in [2.05, 4.69) is 29.7 Å². The van der Waals surface area contributed by atoms with Gasteiger partial charge in [-0.15, -0.1) is 0 Å². The lowest BCUT2D eigenvalue weighted by atomic mass is 10.2. The van der Waals surface area contributed by atoms with E-state index in [0.717, 1.165) is 57.1 Å². The van der Waals surface area contributed by atoms with Gasteiger partial charge in [0.1, 0.15) is 5.75 Å². The molecule has 0 unspecified atom stereocenters. The molecular formula is C18H32N2O2. The maximum Gasteiger partial charge on any atom is 0.121 e. The molecule has 0 aliphatic carbocycles. The molecule has 0 aromatic heterocycles. The zero-order valence-electron chi connectivity index (χ0n) is 14.2. The lowest BCUT2D eigenvalue weighted by Crippen LogP contribution is -2.23. The van der Waals surface area contributed by atoms with Crippen molar-refractivity contribution in [3.63, 3.8) is 0 Å². The Morgan fingerprint density at radius 2 is 1.86 bits per heavy atom.